The van der Waals surface area contributed by atoms with Crippen LogP contribution in [0.3, 0.4) is 0 Å². The first-order valence-corrected chi connectivity index (χ1v) is 5.07. The van der Waals surface area contributed by atoms with E-state index in [9.17, 15) is 4.79 Å². The molecule has 0 unspecified atom stereocenters. The minimum Gasteiger partial charge on any atom is -0.344 e. The number of hydrogen-bond acceptors (Lipinski definition) is 2. The van der Waals surface area contributed by atoms with Gasteiger partial charge in [-0.3, -0.25) is 4.79 Å². The van der Waals surface area contributed by atoms with Crippen LogP contribution in [0.2, 0.25) is 0 Å². The fraction of sp³-hybridized carbons (Fsp3) is 0.364. The molecule has 0 aliphatic carbocycles. The number of nitrogens with zero attached hydrogens (tertiary/aromatic N) is 2. The number of amides is 1. The molecule has 2 rings (SSSR count). The van der Waals surface area contributed by atoms with Crippen LogP contribution >= 0.6 is 0 Å². The molecule has 0 aromatic heterocycles. The number of carbonyl (C=O) groups excluding carboxylic acids is 1. The Kier molecular flexibility index (Phi) is 3.06. The van der Waals surface area contributed by atoms with Crippen molar-refractivity contribution in [1.29, 1.82) is 0 Å². The summed E-state index contributed by atoms with van der Waals surface area (Å²) in [6, 6.07) is 10.0. The summed E-state index contributed by atoms with van der Waals surface area (Å²) in [5.74, 6) is 0.104. The topological polar surface area (TPSA) is 23.6 Å². The minimum absolute atomic E-state index is 0.104. The molecular formula is C11H13BN2O. The van der Waals surface area contributed by atoms with Gasteiger partial charge in [-0.05, 0) is 5.56 Å². The SMILES string of the molecule is [B]N1CCN(Cc2ccccc2)C(=O)C1. The van der Waals surface area contributed by atoms with Crippen molar-refractivity contribution in [3.8, 4) is 0 Å². The number of piperazine rings is 1. The highest BCUT2D eigenvalue weighted by molar-refractivity contribution is 6.06. The van der Waals surface area contributed by atoms with Crippen LogP contribution in [0.1, 0.15) is 5.56 Å². The lowest BCUT2D eigenvalue weighted by Gasteiger charge is -2.32. The summed E-state index contributed by atoms with van der Waals surface area (Å²) in [6.45, 7) is 2.48. The van der Waals surface area contributed by atoms with Gasteiger partial charge >= 0.3 is 0 Å². The molecule has 0 bridgehead atoms. The number of benzene rings is 1. The Morgan fingerprint density at radius 3 is 2.60 bits per heavy atom. The first kappa shape index (κ1) is 10.2. The van der Waals surface area contributed by atoms with E-state index in [-0.39, 0.29) is 5.91 Å². The highest BCUT2D eigenvalue weighted by Gasteiger charge is 2.20. The Balaban J connectivity index is 1.98. The smallest absolute Gasteiger partial charge is 0.236 e. The van der Waals surface area contributed by atoms with Gasteiger partial charge < -0.3 is 9.71 Å². The molecule has 2 radical (unpaired) electrons. The maximum atomic E-state index is 11.6. The highest BCUT2D eigenvalue weighted by Crippen LogP contribution is 2.07. The fourth-order valence-electron chi connectivity index (χ4n) is 1.70. The molecular weight excluding hydrogens is 187 g/mol. The van der Waals surface area contributed by atoms with Crippen LogP contribution in [0.25, 0.3) is 0 Å². The lowest BCUT2D eigenvalue weighted by Crippen LogP contribution is -2.48. The summed E-state index contributed by atoms with van der Waals surface area (Å²) in [5.41, 5.74) is 1.16. The third kappa shape index (κ3) is 2.60. The maximum absolute atomic E-state index is 11.6. The molecule has 1 aromatic rings. The van der Waals surface area contributed by atoms with Crippen LogP contribution in [0.4, 0.5) is 0 Å². The minimum atomic E-state index is 0.104. The molecule has 1 amide bonds. The largest absolute Gasteiger partial charge is 0.344 e. The van der Waals surface area contributed by atoms with Gasteiger partial charge in [-0.2, -0.15) is 0 Å². The van der Waals surface area contributed by atoms with Gasteiger partial charge in [0.25, 0.3) is 0 Å². The molecule has 1 fully saturated rings. The van der Waals surface area contributed by atoms with Crippen LogP contribution < -0.4 is 0 Å². The molecule has 0 spiro atoms. The summed E-state index contributed by atoms with van der Waals surface area (Å²) in [7, 11) is 5.57. The van der Waals surface area contributed by atoms with Gasteiger partial charge in [0.1, 0.15) is 0 Å². The Labute approximate surface area is 91.1 Å². The number of carbonyl (C=O) groups is 1. The second-order valence-electron chi connectivity index (χ2n) is 3.77. The van der Waals surface area contributed by atoms with E-state index in [0.29, 0.717) is 19.6 Å². The molecule has 15 heavy (non-hydrogen) atoms. The average Bonchev–Trinajstić information content (AvgIpc) is 2.24. The van der Waals surface area contributed by atoms with Gasteiger partial charge in [0.05, 0.1) is 6.54 Å². The zero-order chi connectivity index (χ0) is 10.7. The van der Waals surface area contributed by atoms with Gasteiger partial charge in [0, 0.05) is 19.6 Å². The van der Waals surface area contributed by atoms with E-state index in [1.54, 1.807) is 4.81 Å². The van der Waals surface area contributed by atoms with Crippen molar-refractivity contribution in [2.24, 2.45) is 0 Å². The predicted molar refractivity (Wildman–Crippen MR) is 59.2 cm³/mol. The van der Waals surface area contributed by atoms with E-state index in [1.807, 2.05) is 35.2 Å². The Bertz CT molecular complexity index is 342. The third-order valence-electron chi connectivity index (χ3n) is 2.56. The number of rotatable bonds is 2. The monoisotopic (exact) mass is 200 g/mol. The Morgan fingerprint density at radius 1 is 1.20 bits per heavy atom. The van der Waals surface area contributed by atoms with Crippen LogP contribution in [-0.4, -0.2) is 43.2 Å². The zero-order valence-corrected chi connectivity index (χ0v) is 8.60. The van der Waals surface area contributed by atoms with E-state index in [1.165, 1.54) is 0 Å². The molecule has 0 N–H and O–H groups in total. The Hall–Kier alpha value is -1.29. The van der Waals surface area contributed by atoms with Crippen molar-refractivity contribution in [2.45, 2.75) is 6.54 Å². The maximum Gasteiger partial charge on any atom is 0.236 e. The predicted octanol–water partition coefficient (Wildman–Crippen LogP) is 0.414. The van der Waals surface area contributed by atoms with E-state index < -0.39 is 0 Å². The van der Waals surface area contributed by atoms with E-state index in [4.69, 9.17) is 7.98 Å². The van der Waals surface area contributed by atoms with Crippen LogP contribution in [0, 0.1) is 0 Å². The quantitative estimate of drug-likeness (QED) is 0.645. The molecule has 3 nitrogen and oxygen atoms in total. The summed E-state index contributed by atoms with van der Waals surface area (Å²) in [6.07, 6.45) is 0. The van der Waals surface area contributed by atoms with E-state index in [2.05, 4.69) is 0 Å². The summed E-state index contributed by atoms with van der Waals surface area (Å²) >= 11 is 0. The summed E-state index contributed by atoms with van der Waals surface area (Å²) < 4.78 is 0. The fourth-order valence-corrected chi connectivity index (χ4v) is 1.70. The molecule has 76 valence electrons. The van der Waals surface area contributed by atoms with Crippen molar-refractivity contribution in [3.63, 3.8) is 0 Å². The molecule has 0 saturated carbocycles. The first-order chi connectivity index (χ1) is 7.25. The van der Waals surface area contributed by atoms with Crippen LogP contribution in [0.15, 0.2) is 30.3 Å². The average molecular weight is 200 g/mol. The molecule has 1 aliphatic heterocycles. The first-order valence-electron chi connectivity index (χ1n) is 5.07. The second kappa shape index (κ2) is 4.49. The Morgan fingerprint density at radius 2 is 1.93 bits per heavy atom. The molecule has 1 saturated heterocycles. The lowest BCUT2D eigenvalue weighted by atomic mass is 10.1. The lowest BCUT2D eigenvalue weighted by molar-refractivity contribution is -0.134. The van der Waals surface area contributed by atoms with E-state index in [0.717, 1.165) is 12.1 Å². The van der Waals surface area contributed by atoms with Gasteiger partial charge in [-0.15, -0.1) is 0 Å². The van der Waals surface area contributed by atoms with Crippen LogP contribution in [0.5, 0.6) is 0 Å². The molecule has 1 aliphatic rings. The van der Waals surface area contributed by atoms with Gasteiger partial charge in [0.2, 0.25) is 5.91 Å². The van der Waals surface area contributed by atoms with Gasteiger partial charge in [0.15, 0.2) is 7.98 Å². The summed E-state index contributed by atoms with van der Waals surface area (Å²) in [5, 5.41) is 0. The highest BCUT2D eigenvalue weighted by atomic mass is 16.2. The van der Waals surface area contributed by atoms with Crippen molar-refractivity contribution in [1.82, 2.24) is 9.71 Å². The third-order valence-corrected chi connectivity index (χ3v) is 2.56. The van der Waals surface area contributed by atoms with Gasteiger partial charge in [-0.1, -0.05) is 30.3 Å². The van der Waals surface area contributed by atoms with Crippen LogP contribution in [-0.2, 0) is 11.3 Å². The van der Waals surface area contributed by atoms with Crippen molar-refractivity contribution in [2.75, 3.05) is 19.6 Å². The molecule has 1 aromatic carbocycles. The van der Waals surface area contributed by atoms with Crippen molar-refractivity contribution >= 4 is 13.9 Å². The normalized spacial score (nSPS) is 18.1. The van der Waals surface area contributed by atoms with Crippen molar-refractivity contribution < 1.29 is 4.79 Å². The zero-order valence-electron chi connectivity index (χ0n) is 8.60. The molecule has 4 heteroatoms. The van der Waals surface area contributed by atoms with Gasteiger partial charge in [-0.25, -0.2) is 0 Å². The second-order valence-corrected chi connectivity index (χ2v) is 3.77. The van der Waals surface area contributed by atoms with Crippen molar-refractivity contribution in [3.05, 3.63) is 35.9 Å². The molecule has 0 atom stereocenters. The standard InChI is InChI=1S/C11H13BN2O/c12-14-7-6-13(11(15)9-14)8-10-4-2-1-3-5-10/h1-5H,6-9H2. The summed E-state index contributed by atoms with van der Waals surface area (Å²) in [4.78, 5) is 15.0. The van der Waals surface area contributed by atoms with E-state index >= 15 is 0 Å². The number of hydrogen-bond donors (Lipinski definition) is 0. The molecule has 1 heterocycles.